The summed E-state index contributed by atoms with van der Waals surface area (Å²) in [6.07, 6.45) is 0. The Kier molecular flexibility index (Phi) is 4.11. The number of rotatable bonds is 5. The zero-order valence-electron chi connectivity index (χ0n) is 10.6. The first-order valence-corrected chi connectivity index (χ1v) is 5.69. The van der Waals surface area contributed by atoms with E-state index < -0.39 is 11.9 Å². The van der Waals surface area contributed by atoms with Crippen molar-refractivity contribution in [1.82, 2.24) is 5.16 Å². The first-order chi connectivity index (χ1) is 9.60. The van der Waals surface area contributed by atoms with Crippen LogP contribution in [0.15, 0.2) is 34.9 Å². The Morgan fingerprint density at radius 2 is 2.20 bits per heavy atom. The predicted octanol–water partition coefficient (Wildman–Crippen LogP) is 1.77. The van der Waals surface area contributed by atoms with E-state index in [1.807, 2.05) is 0 Å². The molecule has 2 N–H and O–H groups in total. The second kappa shape index (κ2) is 5.98. The summed E-state index contributed by atoms with van der Waals surface area (Å²) in [6, 6.07) is 7.37. The number of hydrogen-bond acceptors (Lipinski definition) is 5. The third-order valence-corrected chi connectivity index (χ3v) is 2.45. The molecule has 0 aliphatic heterocycles. The summed E-state index contributed by atoms with van der Waals surface area (Å²) in [5.41, 5.74) is 0.548. The molecule has 0 aliphatic carbocycles. The fourth-order valence-electron chi connectivity index (χ4n) is 1.56. The number of ether oxygens (including phenoxy) is 1. The fraction of sp³-hybridized carbons (Fsp3) is 0.154. The number of aromatic nitrogens is 1. The largest absolute Gasteiger partial charge is 0.478 e. The fourth-order valence-corrected chi connectivity index (χ4v) is 1.56. The number of nitrogens with one attached hydrogen (secondary N) is 1. The monoisotopic (exact) mass is 276 g/mol. The van der Waals surface area contributed by atoms with Gasteiger partial charge in [0.25, 0.3) is 5.91 Å². The van der Waals surface area contributed by atoms with Crippen molar-refractivity contribution in [3.63, 3.8) is 0 Å². The van der Waals surface area contributed by atoms with E-state index in [1.165, 1.54) is 31.4 Å². The Labute approximate surface area is 114 Å². The number of carboxylic acid groups (broad SMARTS) is 1. The summed E-state index contributed by atoms with van der Waals surface area (Å²) in [6.45, 7) is 0.217. The normalized spacial score (nSPS) is 10.2. The molecular formula is C13H12N2O5. The van der Waals surface area contributed by atoms with E-state index in [1.54, 1.807) is 6.07 Å². The molecule has 1 aromatic carbocycles. The lowest BCUT2D eigenvalue weighted by atomic mass is 10.2. The minimum atomic E-state index is -1.06. The molecule has 7 nitrogen and oxygen atoms in total. The van der Waals surface area contributed by atoms with Crippen LogP contribution in [0.3, 0.4) is 0 Å². The minimum Gasteiger partial charge on any atom is -0.478 e. The van der Waals surface area contributed by atoms with Gasteiger partial charge in [0.1, 0.15) is 6.61 Å². The van der Waals surface area contributed by atoms with Gasteiger partial charge < -0.3 is 19.7 Å². The average molecular weight is 276 g/mol. The highest BCUT2D eigenvalue weighted by molar-refractivity contribution is 6.03. The van der Waals surface area contributed by atoms with Crippen LogP contribution < -0.4 is 5.32 Å². The zero-order valence-corrected chi connectivity index (χ0v) is 10.6. The Bertz CT molecular complexity index is 635. The van der Waals surface area contributed by atoms with Crippen LogP contribution in [0.4, 0.5) is 5.69 Å². The number of carbonyl (C=O) groups is 2. The van der Waals surface area contributed by atoms with Crippen LogP contribution >= 0.6 is 0 Å². The van der Waals surface area contributed by atoms with Gasteiger partial charge in [0, 0.05) is 18.9 Å². The van der Waals surface area contributed by atoms with E-state index in [2.05, 4.69) is 10.5 Å². The van der Waals surface area contributed by atoms with E-state index >= 15 is 0 Å². The molecule has 1 heterocycles. The molecule has 104 valence electrons. The smallest absolute Gasteiger partial charge is 0.335 e. The summed E-state index contributed by atoms with van der Waals surface area (Å²) in [5, 5.41) is 15.0. The summed E-state index contributed by atoms with van der Waals surface area (Å²) >= 11 is 0. The van der Waals surface area contributed by atoms with E-state index in [0.29, 0.717) is 11.4 Å². The molecule has 0 atom stereocenters. The maximum absolute atomic E-state index is 11.9. The van der Waals surface area contributed by atoms with Crippen molar-refractivity contribution in [2.24, 2.45) is 0 Å². The molecule has 0 aliphatic rings. The molecule has 0 spiro atoms. The van der Waals surface area contributed by atoms with Crippen LogP contribution in [0.5, 0.6) is 0 Å². The molecular weight excluding hydrogens is 264 g/mol. The topological polar surface area (TPSA) is 102 Å². The second-order valence-electron chi connectivity index (χ2n) is 3.95. The first kappa shape index (κ1) is 13.8. The van der Waals surface area contributed by atoms with Gasteiger partial charge >= 0.3 is 5.97 Å². The van der Waals surface area contributed by atoms with Crippen LogP contribution in [0.25, 0.3) is 0 Å². The number of anilines is 1. The summed E-state index contributed by atoms with van der Waals surface area (Å²) in [7, 11) is 1.50. The van der Waals surface area contributed by atoms with Crippen molar-refractivity contribution in [2.75, 3.05) is 12.4 Å². The molecule has 1 amide bonds. The van der Waals surface area contributed by atoms with Crippen LogP contribution in [-0.2, 0) is 11.3 Å². The van der Waals surface area contributed by atoms with Crippen LogP contribution in [0.2, 0.25) is 0 Å². The van der Waals surface area contributed by atoms with Crippen LogP contribution in [0, 0.1) is 0 Å². The van der Waals surface area contributed by atoms with E-state index in [9.17, 15) is 9.59 Å². The van der Waals surface area contributed by atoms with Gasteiger partial charge in [-0.1, -0.05) is 11.2 Å². The van der Waals surface area contributed by atoms with E-state index in [0.717, 1.165) is 0 Å². The average Bonchev–Trinajstić information content (AvgIpc) is 2.88. The highest BCUT2D eigenvalue weighted by Crippen LogP contribution is 2.13. The van der Waals surface area contributed by atoms with Gasteiger partial charge in [-0.3, -0.25) is 4.79 Å². The standard InChI is InChI=1S/C13H12N2O5/c1-19-7-10-6-11(15-20-10)12(16)14-9-4-2-3-8(5-9)13(17)18/h2-6H,7H2,1H3,(H,14,16)(H,17,18). The Morgan fingerprint density at radius 1 is 1.40 bits per heavy atom. The van der Waals surface area contributed by atoms with Crippen molar-refractivity contribution >= 4 is 17.6 Å². The molecule has 0 radical (unpaired) electrons. The third-order valence-electron chi connectivity index (χ3n) is 2.45. The third kappa shape index (κ3) is 3.21. The predicted molar refractivity (Wildman–Crippen MR) is 68.6 cm³/mol. The number of methoxy groups -OCH3 is 1. The lowest BCUT2D eigenvalue weighted by molar-refractivity contribution is 0.0696. The molecule has 2 rings (SSSR count). The molecule has 0 saturated carbocycles. The van der Waals surface area contributed by atoms with Gasteiger partial charge in [0.15, 0.2) is 11.5 Å². The molecule has 0 fully saturated rings. The van der Waals surface area contributed by atoms with Gasteiger partial charge in [-0.25, -0.2) is 4.79 Å². The number of carbonyl (C=O) groups excluding carboxylic acids is 1. The lowest BCUT2D eigenvalue weighted by Gasteiger charge is -2.03. The molecule has 0 saturated heterocycles. The maximum atomic E-state index is 11.9. The molecule has 2 aromatic rings. The van der Waals surface area contributed by atoms with Gasteiger partial charge in [0.2, 0.25) is 0 Å². The van der Waals surface area contributed by atoms with Gasteiger partial charge in [-0.2, -0.15) is 0 Å². The van der Waals surface area contributed by atoms with Crippen molar-refractivity contribution in [1.29, 1.82) is 0 Å². The lowest BCUT2D eigenvalue weighted by Crippen LogP contribution is -2.12. The van der Waals surface area contributed by atoms with Gasteiger partial charge in [-0.05, 0) is 18.2 Å². The Balaban J connectivity index is 2.10. The SMILES string of the molecule is COCc1cc(C(=O)Nc2cccc(C(=O)O)c2)no1. The number of amides is 1. The summed E-state index contributed by atoms with van der Waals surface area (Å²) in [4.78, 5) is 22.7. The van der Waals surface area contributed by atoms with Crippen molar-refractivity contribution in [3.05, 3.63) is 47.3 Å². The summed E-state index contributed by atoms with van der Waals surface area (Å²) < 4.78 is 9.75. The Morgan fingerprint density at radius 3 is 2.90 bits per heavy atom. The second-order valence-corrected chi connectivity index (χ2v) is 3.95. The highest BCUT2D eigenvalue weighted by atomic mass is 16.5. The number of aromatic carboxylic acids is 1. The molecule has 20 heavy (non-hydrogen) atoms. The number of hydrogen-bond donors (Lipinski definition) is 2. The minimum absolute atomic E-state index is 0.0861. The number of nitrogens with zero attached hydrogens (tertiary/aromatic N) is 1. The van der Waals surface area contributed by atoms with Crippen molar-refractivity contribution in [2.45, 2.75) is 6.61 Å². The molecule has 1 aromatic heterocycles. The number of benzene rings is 1. The Hall–Kier alpha value is -2.67. The van der Waals surface area contributed by atoms with Crippen molar-refractivity contribution < 1.29 is 24.0 Å². The molecule has 7 heteroatoms. The quantitative estimate of drug-likeness (QED) is 0.862. The van der Waals surface area contributed by atoms with E-state index in [4.69, 9.17) is 14.4 Å². The number of carboxylic acids is 1. The van der Waals surface area contributed by atoms with Crippen LogP contribution in [0.1, 0.15) is 26.6 Å². The molecule has 0 unspecified atom stereocenters. The zero-order chi connectivity index (χ0) is 14.5. The maximum Gasteiger partial charge on any atom is 0.335 e. The first-order valence-electron chi connectivity index (χ1n) is 5.69. The van der Waals surface area contributed by atoms with Gasteiger partial charge in [0.05, 0.1) is 5.56 Å². The van der Waals surface area contributed by atoms with Gasteiger partial charge in [-0.15, -0.1) is 0 Å². The van der Waals surface area contributed by atoms with Crippen molar-refractivity contribution in [3.8, 4) is 0 Å². The molecule has 0 bridgehead atoms. The van der Waals surface area contributed by atoms with E-state index in [-0.39, 0.29) is 17.9 Å². The summed E-state index contributed by atoms with van der Waals surface area (Å²) in [5.74, 6) is -1.12. The highest BCUT2D eigenvalue weighted by Gasteiger charge is 2.13. The van der Waals surface area contributed by atoms with Crippen LogP contribution in [-0.4, -0.2) is 29.2 Å².